The van der Waals surface area contributed by atoms with E-state index in [9.17, 15) is 4.79 Å². The Balaban J connectivity index is 1.98. The molecule has 5 nitrogen and oxygen atoms in total. The van der Waals surface area contributed by atoms with Crippen LogP contribution < -0.4 is 0 Å². The number of benzene rings is 1. The number of para-hydroxylation sites is 1. The lowest BCUT2D eigenvalue weighted by Gasteiger charge is -2.05. The van der Waals surface area contributed by atoms with Crippen molar-refractivity contribution in [1.82, 2.24) is 14.1 Å². The lowest BCUT2D eigenvalue weighted by molar-refractivity contribution is -0.136. The zero-order chi connectivity index (χ0) is 14.8. The van der Waals surface area contributed by atoms with Crippen LogP contribution in [0.4, 0.5) is 0 Å². The van der Waals surface area contributed by atoms with Crippen molar-refractivity contribution in [2.45, 2.75) is 19.4 Å². The van der Waals surface area contributed by atoms with E-state index in [1.807, 2.05) is 42.2 Å². The predicted octanol–water partition coefficient (Wildman–Crippen LogP) is 2.44. The summed E-state index contributed by atoms with van der Waals surface area (Å²) in [6.07, 6.45) is 6.45. The number of carboxylic acid groups (broad SMARTS) is 1. The van der Waals surface area contributed by atoms with E-state index in [0.717, 1.165) is 22.3 Å². The number of aryl methyl sites for hydroxylation is 2. The average molecular weight is 283 g/mol. The Labute approximate surface area is 122 Å². The number of imidazole rings is 1. The number of nitrogens with zero attached hydrogens (tertiary/aromatic N) is 3. The molecule has 0 unspecified atom stereocenters. The van der Waals surface area contributed by atoms with Gasteiger partial charge in [-0.25, -0.2) is 4.98 Å². The van der Waals surface area contributed by atoms with Gasteiger partial charge in [-0.15, -0.1) is 0 Å². The Morgan fingerprint density at radius 1 is 1.33 bits per heavy atom. The van der Waals surface area contributed by atoms with E-state index in [4.69, 9.17) is 5.11 Å². The smallest absolute Gasteiger partial charge is 0.303 e. The summed E-state index contributed by atoms with van der Waals surface area (Å²) in [5.74, 6) is 0.205. The molecule has 5 heteroatoms. The van der Waals surface area contributed by atoms with Crippen LogP contribution >= 0.6 is 0 Å². The van der Waals surface area contributed by atoms with Gasteiger partial charge in [0.1, 0.15) is 5.82 Å². The number of carboxylic acids is 1. The molecule has 0 fully saturated rings. The molecule has 0 bridgehead atoms. The van der Waals surface area contributed by atoms with Crippen molar-refractivity contribution in [2.75, 3.05) is 0 Å². The van der Waals surface area contributed by atoms with Gasteiger partial charge in [-0.05, 0) is 18.1 Å². The fraction of sp³-hybridized carbons (Fsp3) is 0.250. The van der Waals surface area contributed by atoms with Crippen molar-refractivity contribution in [3.63, 3.8) is 0 Å². The highest BCUT2D eigenvalue weighted by Gasteiger charge is 2.11. The summed E-state index contributed by atoms with van der Waals surface area (Å²) in [4.78, 5) is 15.1. The molecular weight excluding hydrogens is 266 g/mol. The molecule has 21 heavy (non-hydrogen) atoms. The molecule has 0 amide bonds. The summed E-state index contributed by atoms with van der Waals surface area (Å²) in [5.41, 5.74) is 2.18. The second-order valence-corrected chi connectivity index (χ2v) is 5.15. The van der Waals surface area contributed by atoms with Crippen molar-refractivity contribution < 1.29 is 9.90 Å². The Morgan fingerprint density at radius 3 is 2.86 bits per heavy atom. The summed E-state index contributed by atoms with van der Waals surface area (Å²) in [7, 11) is 1.97. The number of aromatic nitrogens is 3. The zero-order valence-electron chi connectivity index (χ0n) is 11.9. The molecule has 0 aliphatic carbocycles. The number of carbonyl (C=O) groups is 1. The molecule has 108 valence electrons. The van der Waals surface area contributed by atoms with E-state index in [1.165, 1.54) is 0 Å². The van der Waals surface area contributed by atoms with Gasteiger partial charge in [-0.2, -0.15) is 0 Å². The number of fused-ring (bicyclic) bond motifs is 1. The Bertz CT molecular complexity index is 786. The second kappa shape index (κ2) is 5.44. The molecule has 0 spiro atoms. The highest BCUT2D eigenvalue weighted by atomic mass is 16.4. The monoisotopic (exact) mass is 283 g/mol. The molecule has 2 aromatic heterocycles. The van der Waals surface area contributed by atoms with Gasteiger partial charge in [-0.1, -0.05) is 18.2 Å². The normalized spacial score (nSPS) is 11.1. The third kappa shape index (κ3) is 2.67. The van der Waals surface area contributed by atoms with Gasteiger partial charge in [0.25, 0.3) is 0 Å². The summed E-state index contributed by atoms with van der Waals surface area (Å²) in [6, 6.07) is 8.08. The molecule has 0 radical (unpaired) electrons. The summed E-state index contributed by atoms with van der Waals surface area (Å²) >= 11 is 0. The van der Waals surface area contributed by atoms with E-state index in [0.29, 0.717) is 13.0 Å². The Kier molecular flexibility index (Phi) is 3.48. The SMILES string of the molecule is Cn1ccnc1Cn1cc(CCC(=O)O)c2ccccc21. The number of aliphatic carboxylic acids is 1. The maximum atomic E-state index is 10.8. The lowest BCUT2D eigenvalue weighted by atomic mass is 10.1. The molecule has 1 aromatic carbocycles. The van der Waals surface area contributed by atoms with Crippen molar-refractivity contribution in [3.05, 3.63) is 54.2 Å². The molecular formula is C16H17N3O2. The second-order valence-electron chi connectivity index (χ2n) is 5.15. The highest BCUT2D eigenvalue weighted by molar-refractivity contribution is 5.84. The minimum Gasteiger partial charge on any atom is -0.481 e. The van der Waals surface area contributed by atoms with Crippen LogP contribution in [0.1, 0.15) is 17.8 Å². The van der Waals surface area contributed by atoms with Gasteiger partial charge in [0, 0.05) is 43.0 Å². The molecule has 0 saturated carbocycles. The third-order valence-electron chi connectivity index (χ3n) is 3.71. The first-order valence-corrected chi connectivity index (χ1v) is 6.90. The standard InChI is InChI=1S/C16H17N3O2/c1-18-9-8-17-15(18)11-19-10-12(6-7-16(20)21)13-4-2-3-5-14(13)19/h2-5,8-10H,6-7,11H2,1H3,(H,20,21). The quantitative estimate of drug-likeness (QED) is 0.782. The van der Waals surface area contributed by atoms with E-state index < -0.39 is 5.97 Å². The van der Waals surface area contributed by atoms with Crippen molar-refractivity contribution >= 4 is 16.9 Å². The van der Waals surface area contributed by atoms with E-state index in [1.54, 1.807) is 6.20 Å². The van der Waals surface area contributed by atoms with Crippen molar-refractivity contribution in [2.24, 2.45) is 7.05 Å². The van der Waals surface area contributed by atoms with Crippen LogP contribution in [-0.4, -0.2) is 25.2 Å². The maximum absolute atomic E-state index is 10.8. The lowest BCUT2D eigenvalue weighted by Crippen LogP contribution is -2.04. The molecule has 1 N–H and O–H groups in total. The molecule has 0 aliphatic rings. The number of hydrogen-bond donors (Lipinski definition) is 1. The van der Waals surface area contributed by atoms with Gasteiger partial charge in [0.05, 0.1) is 6.54 Å². The first-order valence-electron chi connectivity index (χ1n) is 6.90. The van der Waals surface area contributed by atoms with Gasteiger partial charge < -0.3 is 14.2 Å². The van der Waals surface area contributed by atoms with Crippen LogP contribution in [0, 0.1) is 0 Å². The minimum atomic E-state index is -0.768. The summed E-state index contributed by atoms with van der Waals surface area (Å²) < 4.78 is 4.13. The zero-order valence-corrected chi connectivity index (χ0v) is 11.9. The van der Waals surface area contributed by atoms with Crippen molar-refractivity contribution in [3.8, 4) is 0 Å². The molecule has 2 heterocycles. The van der Waals surface area contributed by atoms with Crippen LogP contribution in [0.3, 0.4) is 0 Å². The first kappa shape index (κ1) is 13.4. The van der Waals surface area contributed by atoms with E-state index >= 15 is 0 Å². The van der Waals surface area contributed by atoms with Gasteiger partial charge in [0.15, 0.2) is 0 Å². The van der Waals surface area contributed by atoms with Crippen LogP contribution in [0.15, 0.2) is 42.9 Å². The third-order valence-corrected chi connectivity index (χ3v) is 3.71. The molecule has 0 saturated heterocycles. The largest absolute Gasteiger partial charge is 0.481 e. The van der Waals surface area contributed by atoms with Gasteiger partial charge in [0.2, 0.25) is 0 Å². The van der Waals surface area contributed by atoms with Gasteiger partial charge in [-0.3, -0.25) is 4.79 Å². The summed E-state index contributed by atoms with van der Waals surface area (Å²) in [6.45, 7) is 0.678. The Hall–Kier alpha value is -2.56. The minimum absolute atomic E-state index is 0.149. The fourth-order valence-corrected chi connectivity index (χ4v) is 2.60. The molecule has 3 rings (SSSR count). The topological polar surface area (TPSA) is 60.0 Å². The van der Waals surface area contributed by atoms with Crippen LogP contribution in [0.25, 0.3) is 10.9 Å². The van der Waals surface area contributed by atoms with Crippen LogP contribution in [0.5, 0.6) is 0 Å². The predicted molar refractivity (Wildman–Crippen MR) is 80.2 cm³/mol. The molecule has 0 aliphatic heterocycles. The van der Waals surface area contributed by atoms with Crippen molar-refractivity contribution in [1.29, 1.82) is 0 Å². The first-order chi connectivity index (χ1) is 10.1. The van der Waals surface area contributed by atoms with Crippen LogP contribution in [-0.2, 0) is 24.8 Å². The highest BCUT2D eigenvalue weighted by Crippen LogP contribution is 2.23. The molecule has 0 atom stereocenters. The number of rotatable bonds is 5. The maximum Gasteiger partial charge on any atom is 0.303 e. The average Bonchev–Trinajstić information content (AvgIpc) is 3.02. The Morgan fingerprint density at radius 2 is 2.14 bits per heavy atom. The summed E-state index contributed by atoms with van der Waals surface area (Å²) in [5, 5.41) is 10.00. The van der Waals surface area contributed by atoms with Crippen LogP contribution in [0.2, 0.25) is 0 Å². The van der Waals surface area contributed by atoms with E-state index in [-0.39, 0.29) is 6.42 Å². The molecule has 3 aromatic rings. The van der Waals surface area contributed by atoms with Gasteiger partial charge >= 0.3 is 5.97 Å². The fourth-order valence-electron chi connectivity index (χ4n) is 2.60. The van der Waals surface area contributed by atoms with E-state index in [2.05, 4.69) is 15.6 Å². The number of hydrogen-bond acceptors (Lipinski definition) is 2.